The monoisotopic (exact) mass is 201 g/mol. The summed E-state index contributed by atoms with van der Waals surface area (Å²) in [5.74, 6) is 2.19. The smallest absolute Gasteiger partial charge is 0.0209 e. The Morgan fingerprint density at radius 2 is 2.23 bits per heavy atom. The topological polar surface area (TPSA) is 12.0 Å². The molecule has 1 fully saturated rings. The molecule has 0 radical (unpaired) electrons. The van der Waals surface area contributed by atoms with Gasteiger partial charge in [0.15, 0.2) is 0 Å². The van der Waals surface area contributed by atoms with E-state index in [-0.39, 0.29) is 0 Å². The van der Waals surface area contributed by atoms with Crippen molar-refractivity contribution in [1.82, 2.24) is 5.32 Å². The molecule has 1 rings (SSSR count). The molecule has 3 atom stereocenters. The van der Waals surface area contributed by atoms with E-state index >= 15 is 0 Å². The molecule has 0 saturated carbocycles. The maximum Gasteiger partial charge on any atom is 0.0209 e. The Hall–Kier alpha value is 0.310. The predicted octanol–water partition coefficient (Wildman–Crippen LogP) is 2.91. The van der Waals surface area contributed by atoms with Crippen molar-refractivity contribution < 1.29 is 0 Å². The van der Waals surface area contributed by atoms with Crippen molar-refractivity contribution >= 4 is 11.8 Å². The average molecular weight is 201 g/mol. The maximum atomic E-state index is 3.50. The molecule has 2 heteroatoms. The third-order valence-corrected chi connectivity index (χ3v) is 4.69. The number of nitrogens with one attached hydrogen (secondary N) is 1. The molecule has 0 aromatic carbocycles. The molecule has 1 aliphatic rings. The van der Waals surface area contributed by atoms with Crippen LogP contribution in [0.1, 0.15) is 39.5 Å². The lowest BCUT2D eigenvalue weighted by Gasteiger charge is -2.33. The first-order valence-corrected chi connectivity index (χ1v) is 6.63. The highest BCUT2D eigenvalue weighted by Crippen LogP contribution is 2.30. The van der Waals surface area contributed by atoms with E-state index in [2.05, 4.69) is 38.0 Å². The number of hydrogen-bond donors (Lipinski definition) is 1. The van der Waals surface area contributed by atoms with Gasteiger partial charge in [0.25, 0.3) is 0 Å². The molecule has 1 heterocycles. The second-order valence-corrected chi connectivity index (χ2v) is 5.45. The minimum absolute atomic E-state index is 0.732. The van der Waals surface area contributed by atoms with E-state index in [4.69, 9.17) is 0 Å². The summed E-state index contributed by atoms with van der Waals surface area (Å²) >= 11 is 2.18. The van der Waals surface area contributed by atoms with Crippen LogP contribution in [0.3, 0.4) is 0 Å². The molecule has 13 heavy (non-hydrogen) atoms. The fourth-order valence-corrected chi connectivity index (χ4v) is 3.76. The van der Waals surface area contributed by atoms with E-state index < -0.39 is 0 Å². The standard InChI is InChI=1S/C11H23NS/c1-4-9(2)11(12-3)10-7-5-6-8-13-10/h9-12H,4-8H2,1-3H3. The molecule has 0 bridgehead atoms. The molecule has 1 N–H and O–H groups in total. The van der Waals surface area contributed by atoms with Crippen molar-refractivity contribution in [3.05, 3.63) is 0 Å². The van der Waals surface area contributed by atoms with Crippen LogP contribution in [0, 0.1) is 5.92 Å². The largest absolute Gasteiger partial charge is 0.316 e. The lowest BCUT2D eigenvalue weighted by molar-refractivity contribution is 0.363. The van der Waals surface area contributed by atoms with E-state index in [0.717, 1.165) is 17.2 Å². The summed E-state index contributed by atoms with van der Waals surface area (Å²) in [5, 5.41) is 4.37. The molecule has 78 valence electrons. The van der Waals surface area contributed by atoms with Crippen LogP contribution in [0.2, 0.25) is 0 Å². The zero-order valence-corrected chi connectivity index (χ0v) is 9.99. The number of rotatable bonds is 4. The van der Waals surface area contributed by atoms with Crippen molar-refractivity contribution in [3.63, 3.8) is 0 Å². The van der Waals surface area contributed by atoms with Gasteiger partial charge >= 0.3 is 0 Å². The first-order chi connectivity index (χ1) is 6.29. The van der Waals surface area contributed by atoms with Crippen LogP contribution in [0.25, 0.3) is 0 Å². The molecule has 0 aliphatic carbocycles. The summed E-state index contributed by atoms with van der Waals surface area (Å²) in [7, 11) is 2.12. The quantitative estimate of drug-likeness (QED) is 0.750. The summed E-state index contributed by atoms with van der Waals surface area (Å²) in [6, 6.07) is 0.732. The molecule has 1 nitrogen and oxygen atoms in total. The van der Waals surface area contributed by atoms with Crippen LogP contribution in [0.4, 0.5) is 0 Å². The molecule has 0 aromatic heterocycles. The van der Waals surface area contributed by atoms with Gasteiger partial charge in [-0.05, 0) is 31.6 Å². The van der Waals surface area contributed by atoms with Gasteiger partial charge in [-0.15, -0.1) is 0 Å². The summed E-state index contributed by atoms with van der Waals surface area (Å²) in [5.41, 5.74) is 0. The third-order valence-electron chi connectivity index (χ3n) is 3.21. The Balaban J connectivity index is 2.43. The van der Waals surface area contributed by atoms with Crippen molar-refractivity contribution in [2.45, 2.75) is 50.8 Å². The predicted molar refractivity (Wildman–Crippen MR) is 62.4 cm³/mol. The zero-order chi connectivity index (χ0) is 9.68. The minimum Gasteiger partial charge on any atom is -0.316 e. The lowest BCUT2D eigenvalue weighted by atomic mass is 9.93. The van der Waals surface area contributed by atoms with E-state index in [1.54, 1.807) is 0 Å². The summed E-state index contributed by atoms with van der Waals surface area (Å²) in [6.07, 6.45) is 5.58. The molecular weight excluding hydrogens is 178 g/mol. The zero-order valence-electron chi connectivity index (χ0n) is 9.18. The highest BCUT2D eigenvalue weighted by atomic mass is 32.2. The van der Waals surface area contributed by atoms with Crippen molar-refractivity contribution in [2.24, 2.45) is 5.92 Å². The van der Waals surface area contributed by atoms with Crippen molar-refractivity contribution in [1.29, 1.82) is 0 Å². The lowest BCUT2D eigenvalue weighted by Crippen LogP contribution is -2.42. The molecule has 0 aromatic rings. The van der Waals surface area contributed by atoms with Gasteiger partial charge in [-0.2, -0.15) is 11.8 Å². The van der Waals surface area contributed by atoms with E-state index in [1.165, 1.54) is 31.4 Å². The summed E-state index contributed by atoms with van der Waals surface area (Å²) in [4.78, 5) is 0. The van der Waals surface area contributed by atoms with Crippen molar-refractivity contribution in [2.75, 3.05) is 12.8 Å². The van der Waals surface area contributed by atoms with E-state index in [0.29, 0.717) is 0 Å². The molecule has 0 spiro atoms. The second-order valence-electron chi connectivity index (χ2n) is 4.11. The van der Waals surface area contributed by atoms with E-state index in [9.17, 15) is 0 Å². The Labute approximate surface area is 87.1 Å². The third kappa shape index (κ3) is 3.17. The van der Waals surface area contributed by atoms with Gasteiger partial charge in [0.2, 0.25) is 0 Å². The van der Waals surface area contributed by atoms with Crippen LogP contribution in [-0.2, 0) is 0 Å². The van der Waals surface area contributed by atoms with Gasteiger partial charge in [0.1, 0.15) is 0 Å². The highest BCUT2D eigenvalue weighted by molar-refractivity contribution is 8.00. The van der Waals surface area contributed by atoms with Crippen LogP contribution >= 0.6 is 11.8 Å². The molecule has 1 saturated heterocycles. The summed E-state index contributed by atoms with van der Waals surface area (Å²) in [6.45, 7) is 4.67. The highest BCUT2D eigenvalue weighted by Gasteiger charge is 2.26. The maximum absolute atomic E-state index is 3.50. The van der Waals surface area contributed by atoms with Crippen LogP contribution < -0.4 is 5.32 Å². The molecule has 0 amide bonds. The second kappa shape index (κ2) is 5.92. The number of thioether (sulfide) groups is 1. The van der Waals surface area contributed by atoms with Gasteiger partial charge in [0.05, 0.1) is 0 Å². The molecule has 3 unspecified atom stereocenters. The van der Waals surface area contributed by atoms with Gasteiger partial charge in [0, 0.05) is 11.3 Å². The van der Waals surface area contributed by atoms with Gasteiger partial charge < -0.3 is 5.32 Å². The average Bonchev–Trinajstić information content (AvgIpc) is 2.20. The Kier molecular flexibility index (Phi) is 5.18. The van der Waals surface area contributed by atoms with Crippen molar-refractivity contribution in [3.8, 4) is 0 Å². The Bertz CT molecular complexity index is 132. The Morgan fingerprint density at radius 3 is 2.69 bits per heavy atom. The van der Waals surface area contributed by atoms with E-state index in [1.807, 2.05) is 0 Å². The molecule has 1 aliphatic heterocycles. The fraction of sp³-hybridized carbons (Fsp3) is 1.00. The minimum atomic E-state index is 0.732. The van der Waals surface area contributed by atoms with Gasteiger partial charge in [-0.25, -0.2) is 0 Å². The molecular formula is C11H23NS. The van der Waals surface area contributed by atoms with Crippen LogP contribution in [-0.4, -0.2) is 24.1 Å². The van der Waals surface area contributed by atoms with Crippen LogP contribution in [0.5, 0.6) is 0 Å². The first-order valence-electron chi connectivity index (χ1n) is 5.58. The van der Waals surface area contributed by atoms with Gasteiger partial charge in [-0.3, -0.25) is 0 Å². The Morgan fingerprint density at radius 1 is 1.46 bits per heavy atom. The van der Waals surface area contributed by atoms with Gasteiger partial charge in [-0.1, -0.05) is 26.7 Å². The first kappa shape index (κ1) is 11.4. The fourth-order valence-electron chi connectivity index (χ4n) is 2.14. The SMILES string of the molecule is CCC(C)C(NC)C1CCCCS1. The van der Waals surface area contributed by atoms with Crippen LogP contribution in [0.15, 0.2) is 0 Å². The number of hydrogen-bond acceptors (Lipinski definition) is 2. The summed E-state index contributed by atoms with van der Waals surface area (Å²) < 4.78 is 0. The normalized spacial score (nSPS) is 28.4.